The second-order valence-electron chi connectivity index (χ2n) is 5.20. The maximum atomic E-state index is 12.1. The number of aromatic nitrogens is 2. The van der Waals surface area contributed by atoms with Crippen molar-refractivity contribution in [1.29, 1.82) is 0 Å². The van der Waals surface area contributed by atoms with Crippen molar-refractivity contribution >= 4 is 28.8 Å². The third-order valence-corrected chi connectivity index (χ3v) is 4.28. The molecule has 0 aliphatic rings. The largest absolute Gasteiger partial charge is 0.355 e. The molecule has 0 unspecified atom stereocenters. The van der Waals surface area contributed by atoms with Gasteiger partial charge in [0.25, 0.3) is 5.91 Å². The average Bonchev–Trinajstić information content (AvgIpc) is 3.30. The number of carbonyl (C=O) groups is 2. The summed E-state index contributed by atoms with van der Waals surface area (Å²) in [4.78, 5) is 28.9. The van der Waals surface area contributed by atoms with Gasteiger partial charge in [-0.05, 0) is 29.6 Å². The number of amides is 2. The van der Waals surface area contributed by atoms with Crippen LogP contribution >= 0.6 is 11.3 Å². The van der Waals surface area contributed by atoms with Gasteiger partial charge >= 0.3 is 0 Å². The first kappa shape index (κ1) is 16.8. The Bertz CT molecular complexity index is 874. The van der Waals surface area contributed by atoms with Gasteiger partial charge in [-0.1, -0.05) is 17.3 Å². The molecule has 0 fully saturated rings. The van der Waals surface area contributed by atoms with Crippen molar-refractivity contribution in [2.24, 2.45) is 0 Å². The molecular formula is C17H16N4O3S. The number of hydrogen-bond donors (Lipinski definition) is 2. The van der Waals surface area contributed by atoms with Gasteiger partial charge in [-0.2, -0.15) is 4.98 Å². The van der Waals surface area contributed by atoms with E-state index >= 15 is 0 Å². The molecule has 0 saturated carbocycles. The number of thiophene rings is 1. The van der Waals surface area contributed by atoms with E-state index in [1.54, 1.807) is 31.3 Å². The molecule has 0 saturated heterocycles. The van der Waals surface area contributed by atoms with Gasteiger partial charge in [0, 0.05) is 31.1 Å². The molecule has 0 radical (unpaired) electrons. The van der Waals surface area contributed by atoms with Crippen LogP contribution in [0.25, 0.3) is 10.7 Å². The number of nitrogens with zero attached hydrogens (tertiary/aromatic N) is 2. The van der Waals surface area contributed by atoms with Gasteiger partial charge in [-0.25, -0.2) is 0 Å². The Balaban J connectivity index is 1.56. The van der Waals surface area contributed by atoms with Crippen molar-refractivity contribution in [2.75, 3.05) is 12.4 Å². The maximum Gasteiger partial charge on any atom is 0.251 e. The van der Waals surface area contributed by atoms with Crippen LogP contribution in [-0.2, 0) is 11.2 Å². The van der Waals surface area contributed by atoms with E-state index in [0.29, 0.717) is 29.4 Å². The van der Waals surface area contributed by atoms with E-state index in [0.717, 1.165) is 4.88 Å². The van der Waals surface area contributed by atoms with E-state index in [2.05, 4.69) is 20.8 Å². The lowest BCUT2D eigenvalue weighted by Crippen LogP contribution is -2.18. The topological polar surface area (TPSA) is 97.1 Å². The third-order valence-electron chi connectivity index (χ3n) is 3.41. The molecule has 2 heterocycles. The van der Waals surface area contributed by atoms with Gasteiger partial charge in [0.15, 0.2) is 0 Å². The van der Waals surface area contributed by atoms with Gasteiger partial charge in [-0.3, -0.25) is 9.59 Å². The Labute approximate surface area is 148 Å². The number of benzene rings is 1. The van der Waals surface area contributed by atoms with Crippen LogP contribution < -0.4 is 10.6 Å². The average molecular weight is 356 g/mol. The summed E-state index contributed by atoms with van der Waals surface area (Å²) in [6.07, 6.45) is 0.551. The number of nitrogens with one attached hydrogen (secondary N) is 2. The molecule has 2 aromatic heterocycles. The van der Waals surface area contributed by atoms with Crippen molar-refractivity contribution in [3.63, 3.8) is 0 Å². The Morgan fingerprint density at radius 1 is 1.24 bits per heavy atom. The molecule has 25 heavy (non-hydrogen) atoms. The highest BCUT2D eigenvalue weighted by molar-refractivity contribution is 7.13. The Hall–Kier alpha value is -3.00. The lowest BCUT2D eigenvalue weighted by molar-refractivity contribution is -0.116. The summed E-state index contributed by atoms with van der Waals surface area (Å²) in [5.74, 6) is 0.550. The lowest BCUT2D eigenvalue weighted by Gasteiger charge is -2.06. The fourth-order valence-corrected chi connectivity index (χ4v) is 2.84. The predicted octanol–water partition coefficient (Wildman–Crippen LogP) is 2.73. The van der Waals surface area contributed by atoms with Crippen LogP contribution in [0.5, 0.6) is 0 Å². The molecular weight excluding hydrogens is 340 g/mol. The van der Waals surface area contributed by atoms with Crippen molar-refractivity contribution in [3.8, 4) is 10.7 Å². The normalized spacial score (nSPS) is 10.4. The minimum Gasteiger partial charge on any atom is -0.355 e. The summed E-state index contributed by atoms with van der Waals surface area (Å²) >= 11 is 1.52. The third kappa shape index (κ3) is 4.30. The van der Waals surface area contributed by atoms with Gasteiger partial charge in [0.2, 0.25) is 17.6 Å². The molecule has 2 amide bonds. The summed E-state index contributed by atoms with van der Waals surface area (Å²) in [7, 11) is 1.56. The molecule has 3 aromatic rings. The number of carbonyl (C=O) groups excluding carboxylic acids is 2. The van der Waals surface area contributed by atoms with Crippen LogP contribution in [0.3, 0.4) is 0 Å². The van der Waals surface area contributed by atoms with Gasteiger partial charge < -0.3 is 15.2 Å². The molecule has 1 aromatic carbocycles. The van der Waals surface area contributed by atoms with Crippen LogP contribution in [0.2, 0.25) is 0 Å². The quantitative estimate of drug-likeness (QED) is 0.708. The van der Waals surface area contributed by atoms with Crippen LogP contribution in [0.1, 0.15) is 22.7 Å². The first-order valence-electron chi connectivity index (χ1n) is 7.64. The molecule has 128 valence electrons. The van der Waals surface area contributed by atoms with Crippen molar-refractivity contribution in [3.05, 3.63) is 53.2 Å². The zero-order valence-electron chi connectivity index (χ0n) is 13.5. The van der Waals surface area contributed by atoms with Crippen LogP contribution in [0.15, 0.2) is 46.3 Å². The van der Waals surface area contributed by atoms with Crippen molar-refractivity contribution in [2.45, 2.75) is 12.8 Å². The summed E-state index contributed by atoms with van der Waals surface area (Å²) < 4.78 is 5.17. The molecule has 7 nitrogen and oxygen atoms in total. The van der Waals surface area contributed by atoms with E-state index in [-0.39, 0.29) is 18.2 Å². The summed E-state index contributed by atoms with van der Waals surface area (Å²) in [5.41, 5.74) is 1.05. The zero-order valence-corrected chi connectivity index (χ0v) is 14.3. The van der Waals surface area contributed by atoms with Gasteiger partial charge in [-0.15, -0.1) is 11.3 Å². The fourth-order valence-electron chi connectivity index (χ4n) is 2.19. The SMILES string of the molecule is CNC(=O)c1cccc(NC(=O)CCc2nc(-c3cccs3)no2)c1. The Kier molecular flexibility index (Phi) is 5.20. The molecule has 0 spiro atoms. The minimum absolute atomic E-state index is 0.190. The Morgan fingerprint density at radius 3 is 2.88 bits per heavy atom. The van der Waals surface area contributed by atoms with E-state index in [4.69, 9.17) is 4.52 Å². The van der Waals surface area contributed by atoms with Crippen molar-refractivity contribution < 1.29 is 14.1 Å². The zero-order chi connectivity index (χ0) is 17.6. The van der Waals surface area contributed by atoms with Crippen LogP contribution in [-0.4, -0.2) is 29.0 Å². The molecule has 3 rings (SSSR count). The van der Waals surface area contributed by atoms with Crippen LogP contribution in [0, 0.1) is 0 Å². The van der Waals surface area contributed by atoms with E-state index in [9.17, 15) is 9.59 Å². The first-order valence-corrected chi connectivity index (χ1v) is 8.52. The van der Waals surface area contributed by atoms with E-state index in [1.165, 1.54) is 11.3 Å². The summed E-state index contributed by atoms with van der Waals surface area (Å²) in [6.45, 7) is 0. The summed E-state index contributed by atoms with van der Waals surface area (Å²) in [5, 5.41) is 11.1. The molecule has 0 atom stereocenters. The number of hydrogen-bond acceptors (Lipinski definition) is 6. The molecule has 2 N–H and O–H groups in total. The number of rotatable bonds is 6. The number of aryl methyl sites for hydroxylation is 1. The highest BCUT2D eigenvalue weighted by atomic mass is 32.1. The predicted molar refractivity (Wildman–Crippen MR) is 94.4 cm³/mol. The molecule has 8 heteroatoms. The minimum atomic E-state index is -0.205. The second kappa shape index (κ2) is 7.71. The monoisotopic (exact) mass is 356 g/mol. The lowest BCUT2D eigenvalue weighted by atomic mass is 10.2. The highest BCUT2D eigenvalue weighted by Crippen LogP contribution is 2.21. The first-order chi connectivity index (χ1) is 12.2. The number of anilines is 1. The second-order valence-corrected chi connectivity index (χ2v) is 6.14. The maximum absolute atomic E-state index is 12.1. The Morgan fingerprint density at radius 2 is 2.12 bits per heavy atom. The standard InChI is InChI=1S/C17H16N4O3S/c1-18-17(23)11-4-2-5-12(10-11)19-14(22)7-8-15-20-16(21-24-15)13-6-3-9-25-13/h2-6,9-10H,7-8H2,1H3,(H,18,23)(H,19,22). The van der Waals surface area contributed by atoms with E-state index < -0.39 is 0 Å². The fraction of sp³-hybridized carbons (Fsp3) is 0.176. The molecule has 0 bridgehead atoms. The highest BCUT2D eigenvalue weighted by Gasteiger charge is 2.12. The molecule has 0 aliphatic heterocycles. The smallest absolute Gasteiger partial charge is 0.251 e. The van der Waals surface area contributed by atoms with Crippen LogP contribution in [0.4, 0.5) is 5.69 Å². The molecule has 0 aliphatic carbocycles. The van der Waals surface area contributed by atoms with Crippen molar-refractivity contribution in [1.82, 2.24) is 15.5 Å². The van der Waals surface area contributed by atoms with E-state index in [1.807, 2.05) is 17.5 Å². The van der Waals surface area contributed by atoms with Gasteiger partial charge in [0.1, 0.15) is 0 Å². The summed E-state index contributed by atoms with van der Waals surface area (Å²) in [6, 6.07) is 10.6. The van der Waals surface area contributed by atoms with Gasteiger partial charge in [0.05, 0.1) is 4.88 Å².